The van der Waals surface area contributed by atoms with Gasteiger partial charge in [0.1, 0.15) is 0 Å². The molecule has 4 unspecified atom stereocenters. The Balaban J connectivity index is 1.81. The summed E-state index contributed by atoms with van der Waals surface area (Å²) in [6.45, 7) is 4.80. The van der Waals surface area contributed by atoms with Crippen molar-refractivity contribution in [2.24, 2.45) is 11.8 Å². The summed E-state index contributed by atoms with van der Waals surface area (Å²) >= 11 is 0. The van der Waals surface area contributed by atoms with Crippen molar-refractivity contribution < 1.29 is 0 Å². The Morgan fingerprint density at radius 2 is 1.71 bits per heavy atom. The van der Waals surface area contributed by atoms with Gasteiger partial charge in [0.25, 0.3) is 0 Å². The van der Waals surface area contributed by atoms with Crippen molar-refractivity contribution in [3.8, 4) is 0 Å². The Kier molecular flexibility index (Phi) is 5.34. The van der Waals surface area contributed by atoms with Crippen LogP contribution in [-0.2, 0) is 0 Å². The standard InChI is InChI=1S/C16H31N/c1-3-14-8-4-5-10-16(14)17-15-9-6-7-13(2)11-12-15/h13-17H,3-12H2,1-2H3. The van der Waals surface area contributed by atoms with Crippen LogP contribution >= 0.6 is 0 Å². The second kappa shape index (κ2) is 6.78. The Hall–Kier alpha value is -0.0400. The minimum Gasteiger partial charge on any atom is -0.311 e. The molecule has 17 heavy (non-hydrogen) atoms. The summed E-state index contributed by atoms with van der Waals surface area (Å²) in [5, 5.41) is 4.02. The van der Waals surface area contributed by atoms with Gasteiger partial charge in [-0.05, 0) is 43.9 Å². The number of hydrogen-bond acceptors (Lipinski definition) is 1. The fraction of sp³-hybridized carbons (Fsp3) is 1.00. The van der Waals surface area contributed by atoms with Crippen molar-refractivity contribution in [1.82, 2.24) is 5.32 Å². The lowest BCUT2D eigenvalue weighted by Gasteiger charge is -2.34. The van der Waals surface area contributed by atoms with Crippen LogP contribution in [0, 0.1) is 11.8 Å². The molecule has 1 nitrogen and oxygen atoms in total. The van der Waals surface area contributed by atoms with E-state index in [0.29, 0.717) is 0 Å². The zero-order valence-electron chi connectivity index (χ0n) is 11.9. The predicted octanol–water partition coefficient (Wildman–Crippen LogP) is 4.51. The van der Waals surface area contributed by atoms with Crippen molar-refractivity contribution in [1.29, 1.82) is 0 Å². The third kappa shape index (κ3) is 3.98. The number of rotatable bonds is 3. The first kappa shape index (κ1) is 13.4. The summed E-state index contributed by atoms with van der Waals surface area (Å²) < 4.78 is 0. The SMILES string of the molecule is CCC1CCCCC1NC1CCCC(C)CC1. The van der Waals surface area contributed by atoms with Crippen LogP contribution in [-0.4, -0.2) is 12.1 Å². The molecule has 2 saturated carbocycles. The highest BCUT2D eigenvalue weighted by atomic mass is 15.0. The zero-order valence-corrected chi connectivity index (χ0v) is 11.9. The quantitative estimate of drug-likeness (QED) is 0.712. The van der Waals surface area contributed by atoms with Gasteiger partial charge < -0.3 is 5.32 Å². The molecule has 0 radical (unpaired) electrons. The molecular weight excluding hydrogens is 206 g/mol. The van der Waals surface area contributed by atoms with Crippen LogP contribution in [0.3, 0.4) is 0 Å². The topological polar surface area (TPSA) is 12.0 Å². The summed E-state index contributed by atoms with van der Waals surface area (Å²) in [6, 6.07) is 1.67. The lowest BCUT2D eigenvalue weighted by atomic mass is 9.82. The minimum atomic E-state index is 0.831. The summed E-state index contributed by atoms with van der Waals surface area (Å²) in [6.07, 6.45) is 14.4. The third-order valence-corrected chi connectivity index (χ3v) is 5.14. The van der Waals surface area contributed by atoms with Crippen molar-refractivity contribution in [2.75, 3.05) is 0 Å². The van der Waals surface area contributed by atoms with Gasteiger partial charge in [-0.1, -0.05) is 46.0 Å². The molecule has 0 aliphatic heterocycles. The maximum Gasteiger partial charge on any atom is 0.00978 e. The average Bonchev–Trinajstić information content (AvgIpc) is 2.55. The predicted molar refractivity (Wildman–Crippen MR) is 75.2 cm³/mol. The Labute approximate surface area is 108 Å². The van der Waals surface area contributed by atoms with Crippen molar-refractivity contribution in [2.45, 2.75) is 90.1 Å². The van der Waals surface area contributed by atoms with E-state index in [9.17, 15) is 0 Å². The van der Waals surface area contributed by atoms with Crippen LogP contribution in [0.1, 0.15) is 78.1 Å². The lowest BCUT2D eigenvalue weighted by molar-refractivity contribution is 0.229. The molecule has 2 aliphatic carbocycles. The molecule has 0 aromatic heterocycles. The number of hydrogen-bond donors (Lipinski definition) is 1. The van der Waals surface area contributed by atoms with Gasteiger partial charge in [-0.15, -0.1) is 0 Å². The van der Waals surface area contributed by atoms with Crippen LogP contribution in [0.4, 0.5) is 0 Å². The first-order chi connectivity index (χ1) is 8.29. The van der Waals surface area contributed by atoms with E-state index < -0.39 is 0 Å². The molecule has 0 aromatic rings. The van der Waals surface area contributed by atoms with Gasteiger partial charge in [-0.25, -0.2) is 0 Å². The van der Waals surface area contributed by atoms with Crippen LogP contribution in [0.2, 0.25) is 0 Å². The summed E-state index contributed by atoms with van der Waals surface area (Å²) in [5.41, 5.74) is 0. The maximum atomic E-state index is 4.02. The molecule has 0 saturated heterocycles. The molecule has 0 spiro atoms. The van der Waals surface area contributed by atoms with E-state index in [1.165, 1.54) is 64.2 Å². The largest absolute Gasteiger partial charge is 0.311 e. The van der Waals surface area contributed by atoms with Crippen molar-refractivity contribution in [3.05, 3.63) is 0 Å². The Bertz CT molecular complexity index is 214. The van der Waals surface area contributed by atoms with E-state index in [2.05, 4.69) is 19.2 Å². The molecule has 2 fully saturated rings. The molecule has 4 atom stereocenters. The number of nitrogens with one attached hydrogen (secondary N) is 1. The molecule has 0 aromatic carbocycles. The Morgan fingerprint density at radius 3 is 2.53 bits per heavy atom. The van der Waals surface area contributed by atoms with Gasteiger partial charge in [-0.3, -0.25) is 0 Å². The first-order valence-electron chi connectivity index (χ1n) is 8.05. The molecule has 1 N–H and O–H groups in total. The molecule has 1 heteroatoms. The van der Waals surface area contributed by atoms with E-state index in [1.54, 1.807) is 0 Å². The van der Waals surface area contributed by atoms with E-state index in [-0.39, 0.29) is 0 Å². The highest BCUT2D eigenvalue weighted by Crippen LogP contribution is 2.29. The fourth-order valence-electron chi connectivity index (χ4n) is 3.87. The molecule has 0 amide bonds. The normalized spacial score (nSPS) is 39.9. The van der Waals surface area contributed by atoms with Gasteiger partial charge >= 0.3 is 0 Å². The monoisotopic (exact) mass is 237 g/mol. The molecule has 100 valence electrons. The second-order valence-electron chi connectivity index (χ2n) is 6.54. The zero-order chi connectivity index (χ0) is 12.1. The van der Waals surface area contributed by atoms with Gasteiger partial charge in [-0.2, -0.15) is 0 Å². The first-order valence-corrected chi connectivity index (χ1v) is 8.05. The molecular formula is C16H31N. The summed E-state index contributed by atoms with van der Waals surface area (Å²) in [7, 11) is 0. The van der Waals surface area contributed by atoms with Crippen LogP contribution < -0.4 is 5.32 Å². The second-order valence-corrected chi connectivity index (χ2v) is 6.54. The lowest BCUT2D eigenvalue weighted by Crippen LogP contribution is -2.44. The van der Waals surface area contributed by atoms with Gasteiger partial charge in [0, 0.05) is 12.1 Å². The van der Waals surface area contributed by atoms with Gasteiger partial charge in [0.15, 0.2) is 0 Å². The van der Waals surface area contributed by atoms with E-state index >= 15 is 0 Å². The summed E-state index contributed by atoms with van der Waals surface area (Å²) in [5.74, 6) is 1.93. The third-order valence-electron chi connectivity index (χ3n) is 5.14. The maximum absolute atomic E-state index is 4.02. The highest BCUT2D eigenvalue weighted by molar-refractivity contribution is 4.84. The van der Waals surface area contributed by atoms with Gasteiger partial charge in [0.05, 0.1) is 0 Å². The molecule has 2 rings (SSSR count). The van der Waals surface area contributed by atoms with Crippen LogP contribution in [0.15, 0.2) is 0 Å². The molecule has 0 heterocycles. The molecule has 2 aliphatic rings. The van der Waals surface area contributed by atoms with Crippen LogP contribution in [0.5, 0.6) is 0 Å². The highest BCUT2D eigenvalue weighted by Gasteiger charge is 2.26. The van der Waals surface area contributed by atoms with Crippen molar-refractivity contribution in [3.63, 3.8) is 0 Å². The Morgan fingerprint density at radius 1 is 0.882 bits per heavy atom. The van der Waals surface area contributed by atoms with Gasteiger partial charge in [0.2, 0.25) is 0 Å². The van der Waals surface area contributed by atoms with Crippen LogP contribution in [0.25, 0.3) is 0 Å². The van der Waals surface area contributed by atoms with E-state index in [4.69, 9.17) is 0 Å². The molecule has 0 bridgehead atoms. The van der Waals surface area contributed by atoms with E-state index in [0.717, 1.165) is 23.9 Å². The minimum absolute atomic E-state index is 0.831. The van der Waals surface area contributed by atoms with E-state index in [1.807, 2.05) is 0 Å². The average molecular weight is 237 g/mol. The summed E-state index contributed by atoms with van der Waals surface area (Å²) in [4.78, 5) is 0. The fourth-order valence-corrected chi connectivity index (χ4v) is 3.87. The van der Waals surface area contributed by atoms with Crippen molar-refractivity contribution >= 4 is 0 Å². The smallest absolute Gasteiger partial charge is 0.00978 e.